The molecule has 3 aromatic rings. The van der Waals surface area contributed by atoms with Crippen molar-refractivity contribution in [1.82, 2.24) is 4.90 Å². The Morgan fingerprint density at radius 1 is 0.979 bits per heavy atom. The molecule has 2 aliphatic rings. The van der Waals surface area contributed by atoms with E-state index in [1.165, 1.54) is 0 Å². The lowest BCUT2D eigenvalue weighted by Gasteiger charge is -2.44. The number of likely N-dealkylation sites (tertiary alicyclic amines) is 1. The summed E-state index contributed by atoms with van der Waals surface area (Å²) in [4.78, 5) is 28.5. The van der Waals surface area contributed by atoms with Gasteiger partial charge in [0.1, 0.15) is 23.5 Å². The zero-order valence-corrected chi connectivity index (χ0v) is 30.6. The Balaban J connectivity index is 1.50. The minimum Gasteiger partial charge on any atom is -0.490 e. The fraction of sp³-hybridized carbons (Fsp3) is 0.459. The van der Waals surface area contributed by atoms with Crippen molar-refractivity contribution in [3.8, 4) is 11.5 Å². The third-order valence-corrected chi connectivity index (χ3v) is 14.0. The number of hydrogen-bond donors (Lipinski definition) is 0. The van der Waals surface area contributed by atoms with Crippen molar-refractivity contribution in [3.05, 3.63) is 82.9 Å². The number of carbonyl (C=O) groups is 2. The first-order chi connectivity index (χ1) is 21.9. The Hall–Kier alpha value is -3.53. The third kappa shape index (κ3) is 7.17. The number of esters is 1. The predicted molar refractivity (Wildman–Crippen MR) is 186 cm³/mol. The van der Waals surface area contributed by atoms with Crippen molar-refractivity contribution in [2.24, 2.45) is 0 Å². The van der Waals surface area contributed by atoms with Crippen molar-refractivity contribution in [3.63, 3.8) is 0 Å². The Labute approximate surface area is 284 Å². The first-order valence-corrected chi connectivity index (χ1v) is 18.4. The second-order valence-corrected chi connectivity index (χ2v) is 19.5. The molecule has 2 aliphatic heterocycles. The van der Waals surface area contributed by atoms with Gasteiger partial charge in [0, 0.05) is 20.4 Å². The van der Waals surface area contributed by atoms with Crippen LogP contribution in [-0.4, -0.2) is 62.0 Å². The molecule has 0 unspecified atom stereocenters. The number of cyclic esters (lactones) is 1. The summed E-state index contributed by atoms with van der Waals surface area (Å²) in [6.45, 7) is 17.8. The van der Waals surface area contributed by atoms with Crippen LogP contribution < -0.4 is 19.8 Å². The molecule has 47 heavy (non-hydrogen) atoms. The maximum absolute atomic E-state index is 13.7. The van der Waals surface area contributed by atoms with Crippen LogP contribution in [-0.2, 0) is 13.9 Å². The molecule has 10 heteroatoms. The molecule has 8 nitrogen and oxygen atoms in total. The number of amides is 1. The average molecular weight is 680 g/mol. The summed E-state index contributed by atoms with van der Waals surface area (Å²) in [6, 6.07) is 22.2. The van der Waals surface area contributed by atoms with Gasteiger partial charge in [-0.05, 0) is 61.2 Å². The van der Waals surface area contributed by atoms with Crippen LogP contribution in [0.3, 0.4) is 0 Å². The van der Waals surface area contributed by atoms with Gasteiger partial charge in [-0.3, -0.25) is 4.90 Å². The molecular weight excluding hydrogens is 634 g/mol. The lowest BCUT2D eigenvalue weighted by molar-refractivity contribution is -0.127. The van der Waals surface area contributed by atoms with Crippen molar-refractivity contribution in [1.29, 1.82) is 0 Å². The van der Waals surface area contributed by atoms with Gasteiger partial charge in [-0.1, -0.05) is 93.0 Å². The van der Waals surface area contributed by atoms with Crippen LogP contribution in [0.4, 0.5) is 4.79 Å². The Bertz CT molecular complexity index is 1580. The highest BCUT2D eigenvalue weighted by atomic mass is 35.5. The molecule has 1 saturated heterocycles. The van der Waals surface area contributed by atoms with Gasteiger partial charge >= 0.3 is 12.1 Å². The van der Waals surface area contributed by atoms with Crippen LogP contribution in [0, 0.1) is 6.92 Å². The highest BCUT2D eigenvalue weighted by molar-refractivity contribution is 6.99. The molecule has 0 radical (unpaired) electrons. The topological polar surface area (TPSA) is 83.5 Å². The summed E-state index contributed by atoms with van der Waals surface area (Å²) < 4.78 is 31.1. The standard InChI is InChI=1S/C37H46ClNO7Si/c1-24-20-29(30-32(31(24)38)43-37(8,9)44-33(30)40)42-23-25-21-26(22-39(25)34(41)45-35(2,3)4)46-47(36(5,6)7,27-16-12-10-13-17-27)28-18-14-11-15-19-28/h10-20,25-26H,21-23H2,1-9H3/t25-,26-/m1/s1. The highest BCUT2D eigenvalue weighted by Crippen LogP contribution is 2.44. The third-order valence-electron chi connectivity index (χ3n) is 8.45. The SMILES string of the molecule is Cc1cc(OC[C@H]2C[C@@H](O[Si](c3ccccc3)(c3ccccc3)C(C)(C)C)CN2C(=O)OC(C)(C)C)c2c(c1Cl)OC(C)(C)OC2=O. The van der Waals surface area contributed by atoms with E-state index in [0.29, 0.717) is 23.6 Å². The summed E-state index contributed by atoms with van der Waals surface area (Å²) in [5, 5.41) is 2.40. The van der Waals surface area contributed by atoms with E-state index in [2.05, 4.69) is 69.3 Å². The molecule has 0 spiro atoms. The number of benzene rings is 3. The predicted octanol–water partition coefficient (Wildman–Crippen LogP) is 7.27. The first kappa shape index (κ1) is 34.8. The van der Waals surface area contributed by atoms with E-state index >= 15 is 0 Å². The van der Waals surface area contributed by atoms with Crippen LogP contribution in [0.15, 0.2) is 66.7 Å². The maximum atomic E-state index is 13.7. The van der Waals surface area contributed by atoms with Crippen molar-refractivity contribution in [2.45, 2.75) is 97.3 Å². The fourth-order valence-corrected chi connectivity index (χ4v) is 11.3. The molecular formula is C37H46ClNO7Si. The lowest BCUT2D eigenvalue weighted by Crippen LogP contribution is -2.67. The number of rotatable bonds is 7. The van der Waals surface area contributed by atoms with E-state index in [4.69, 9.17) is 35.0 Å². The Kier molecular flexibility index (Phi) is 9.49. The van der Waals surface area contributed by atoms with Gasteiger partial charge in [0.15, 0.2) is 5.75 Å². The lowest BCUT2D eigenvalue weighted by atomic mass is 10.1. The van der Waals surface area contributed by atoms with Gasteiger partial charge in [-0.2, -0.15) is 0 Å². The van der Waals surface area contributed by atoms with Crippen LogP contribution in [0.25, 0.3) is 0 Å². The monoisotopic (exact) mass is 679 g/mol. The van der Waals surface area contributed by atoms with Crippen LogP contribution in [0.2, 0.25) is 10.1 Å². The molecule has 0 aromatic heterocycles. The molecule has 2 atom stereocenters. The number of aryl methyl sites for hydroxylation is 1. The zero-order chi connectivity index (χ0) is 34.4. The van der Waals surface area contributed by atoms with Gasteiger partial charge in [0.25, 0.3) is 8.32 Å². The van der Waals surface area contributed by atoms with Gasteiger partial charge in [0.2, 0.25) is 5.79 Å². The maximum Gasteiger partial charge on any atom is 0.410 e. The number of nitrogens with zero attached hydrogens (tertiary/aromatic N) is 1. The first-order valence-electron chi connectivity index (χ1n) is 16.1. The molecule has 252 valence electrons. The zero-order valence-electron chi connectivity index (χ0n) is 28.8. The largest absolute Gasteiger partial charge is 0.490 e. The smallest absolute Gasteiger partial charge is 0.410 e. The number of carbonyl (C=O) groups excluding carboxylic acids is 2. The summed E-state index contributed by atoms with van der Waals surface area (Å²) in [5.74, 6) is -1.26. The molecule has 1 fully saturated rings. The highest BCUT2D eigenvalue weighted by Gasteiger charge is 2.53. The summed E-state index contributed by atoms with van der Waals surface area (Å²) in [5.41, 5.74) is 0.121. The quantitative estimate of drug-likeness (QED) is 0.192. The number of fused-ring (bicyclic) bond motifs is 1. The fourth-order valence-electron chi connectivity index (χ4n) is 6.47. The average Bonchev–Trinajstić information content (AvgIpc) is 3.38. The van der Waals surface area contributed by atoms with Gasteiger partial charge in [-0.15, -0.1) is 0 Å². The van der Waals surface area contributed by atoms with E-state index in [9.17, 15) is 9.59 Å². The van der Waals surface area contributed by atoms with E-state index < -0.39 is 37.8 Å². The second-order valence-electron chi connectivity index (χ2n) is 14.8. The van der Waals surface area contributed by atoms with Crippen LogP contribution in [0.5, 0.6) is 11.5 Å². The van der Waals surface area contributed by atoms with Crippen LogP contribution >= 0.6 is 11.6 Å². The van der Waals surface area contributed by atoms with E-state index in [-0.39, 0.29) is 34.8 Å². The van der Waals surface area contributed by atoms with Gasteiger partial charge in [-0.25, -0.2) is 9.59 Å². The second kappa shape index (κ2) is 12.8. The molecule has 0 N–H and O–H groups in total. The van der Waals surface area contributed by atoms with E-state index in [1.54, 1.807) is 24.8 Å². The molecule has 5 rings (SSSR count). The molecule has 0 aliphatic carbocycles. The minimum atomic E-state index is -2.91. The Morgan fingerprint density at radius 2 is 1.55 bits per heavy atom. The van der Waals surface area contributed by atoms with Crippen molar-refractivity contribution < 1.29 is 33.0 Å². The molecule has 1 amide bonds. The molecule has 0 saturated carbocycles. The minimum absolute atomic E-state index is 0.0873. The number of halogens is 1. The number of hydrogen-bond acceptors (Lipinski definition) is 7. The summed E-state index contributed by atoms with van der Waals surface area (Å²) in [7, 11) is -2.91. The van der Waals surface area contributed by atoms with Crippen LogP contribution in [0.1, 0.15) is 77.7 Å². The molecule has 2 heterocycles. The summed E-state index contributed by atoms with van der Waals surface area (Å²) >= 11 is 6.58. The van der Waals surface area contributed by atoms with E-state index in [1.807, 2.05) is 39.8 Å². The van der Waals surface area contributed by atoms with Gasteiger partial charge < -0.3 is 23.4 Å². The van der Waals surface area contributed by atoms with E-state index in [0.717, 1.165) is 10.4 Å². The molecule has 3 aromatic carbocycles. The Morgan fingerprint density at radius 3 is 2.09 bits per heavy atom. The normalized spacial score (nSPS) is 19.4. The summed E-state index contributed by atoms with van der Waals surface area (Å²) in [6.07, 6.45) is -0.247. The van der Waals surface area contributed by atoms with Crippen molar-refractivity contribution >= 4 is 42.4 Å². The molecule has 0 bridgehead atoms. The van der Waals surface area contributed by atoms with Crippen molar-refractivity contribution in [2.75, 3.05) is 13.2 Å². The van der Waals surface area contributed by atoms with Gasteiger partial charge in [0.05, 0.1) is 17.2 Å². The number of ether oxygens (including phenoxy) is 4.